The number of allylic oxidation sites excluding steroid dienone is 4. The first-order chi connectivity index (χ1) is 9.26. The Bertz CT molecular complexity index is 375. The van der Waals surface area contributed by atoms with Gasteiger partial charge in [-0.1, -0.05) is 50.0 Å². The van der Waals surface area contributed by atoms with Crippen molar-refractivity contribution in [1.29, 1.82) is 0 Å². The van der Waals surface area contributed by atoms with Crippen LogP contribution in [0.15, 0.2) is 23.3 Å². The number of Topliss-reactive ketones (excluding diaryl/α,β-unsaturated/α-hetero) is 1. The zero-order valence-corrected chi connectivity index (χ0v) is 12.6. The average molecular weight is 260 g/mol. The largest absolute Gasteiger partial charge is 0.299 e. The van der Waals surface area contributed by atoms with Gasteiger partial charge in [0.1, 0.15) is 5.78 Å². The summed E-state index contributed by atoms with van der Waals surface area (Å²) in [6, 6.07) is 0. The highest BCUT2D eigenvalue weighted by Crippen LogP contribution is 2.40. The number of hydrogen-bond donors (Lipinski definition) is 0. The third-order valence-electron chi connectivity index (χ3n) is 4.57. The molecule has 0 saturated heterocycles. The van der Waals surface area contributed by atoms with Crippen LogP contribution in [0.2, 0.25) is 0 Å². The molecular weight excluding hydrogens is 232 g/mol. The molecule has 1 fully saturated rings. The van der Waals surface area contributed by atoms with Gasteiger partial charge in [0.05, 0.1) is 0 Å². The molecule has 2 aliphatic carbocycles. The molecule has 106 valence electrons. The monoisotopic (exact) mass is 260 g/mol. The molecule has 0 N–H and O–H groups in total. The van der Waals surface area contributed by atoms with Crippen LogP contribution in [0.25, 0.3) is 0 Å². The van der Waals surface area contributed by atoms with Gasteiger partial charge in [0.25, 0.3) is 0 Å². The van der Waals surface area contributed by atoms with Gasteiger partial charge in [-0.3, -0.25) is 4.79 Å². The van der Waals surface area contributed by atoms with E-state index < -0.39 is 0 Å². The van der Waals surface area contributed by atoms with Gasteiger partial charge in [0.2, 0.25) is 0 Å². The van der Waals surface area contributed by atoms with Gasteiger partial charge in [0, 0.05) is 12.3 Å². The van der Waals surface area contributed by atoms with Gasteiger partial charge in [0.15, 0.2) is 0 Å². The van der Waals surface area contributed by atoms with Crippen LogP contribution < -0.4 is 0 Å². The molecule has 1 heteroatoms. The maximum atomic E-state index is 12.3. The number of ketones is 1. The Morgan fingerprint density at radius 2 is 1.89 bits per heavy atom. The van der Waals surface area contributed by atoms with Crippen molar-refractivity contribution in [3.8, 4) is 0 Å². The van der Waals surface area contributed by atoms with Crippen molar-refractivity contribution < 1.29 is 4.79 Å². The van der Waals surface area contributed by atoms with Gasteiger partial charge in [-0.2, -0.15) is 0 Å². The smallest absolute Gasteiger partial charge is 0.140 e. The molecule has 0 aromatic rings. The first-order valence-corrected chi connectivity index (χ1v) is 8.20. The SMILES string of the molecule is CCCCC1=CC2CCCC(=O)C2C(CCCC)=C1. The Hall–Kier alpha value is -0.850. The van der Waals surface area contributed by atoms with Crippen LogP contribution in [0.4, 0.5) is 0 Å². The fraction of sp³-hybridized carbons (Fsp3) is 0.722. The molecule has 0 aliphatic heterocycles. The van der Waals surface area contributed by atoms with E-state index in [-0.39, 0.29) is 5.92 Å². The number of fused-ring (bicyclic) bond motifs is 1. The molecule has 1 nitrogen and oxygen atoms in total. The summed E-state index contributed by atoms with van der Waals surface area (Å²) in [5.74, 6) is 1.26. The summed E-state index contributed by atoms with van der Waals surface area (Å²) in [7, 11) is 0. The first kappa shape index (κ1) is 14.6. The van der Waals surface area contributed by atoms with Crippen molar-refractivity contribution >= 4 is 5.78 Å². The minimum atomic E-state index is 0.241. The van der Waals surface area contributed by atoms with Gasteiger partial charge >= 0.3 is 0 Å². The minimum Gasteiger partial charge on any atom is -0.299 e. The molecular formula is C18H28O. The van der Waals surface area contributed by atoms with Crippen molar-refractivity contribution in [2.24, 2.45) is 11.8 Å². The molecule has 2 rings (SSSR count). The molecule has 0 heterocycles. The van der Waals surface area contributed by atoms with Gasteiger partial charge in [-0.05, 0) is 44.4 Å². The highest BCUT2D eigenvalue weighted by molar-refractivity contribution is 5.85. The second-order valence-corrected chi connectivity index (χ2v) is 6.17. The Balaban J connectivity index is 2.15. The fourth-order valence-electron chi connectivity index (χ4n) is 3.53. The minimum absolute atomic E-state index is 0.241. The molecule has 2 atom stereocenters. The summed E-state index contributed by atoms with van der Waals surface area (Å²) >= 11 is 0. The van der Waals surface area contributed by atoms with Crippen molar-refractivity contribution in [1.82, 2.24) is 0 Å². The van der Waals surface area contributed by atoms with E-state index in [2.05, 4.69) is 26.0 Å². The van der Waals surface area contributed by atoms with Crippen LogP contribution in [-0.2, 0) is 4.79 Å². The predicted molar refractivity (Wildman–Crippen MR) is 81.1 cm³/mol. The average Bonchev–Trinajstić information content (AvgIpc) is 2.42. The highest BCUT2D eigenvalue weighted by atomic mass is 16.1. The quantitative estimate of drug-likeness (QED) is 0.640. The standard InChI is InChI=1S/C18H28O/c1-3-5-8-14-12-15(9-6-4-2)18-16(13-14)10-7-11-17(18)19/h12-13,16,18H,3-11H2,1-2H3. The topological polar surface area (TPSA) is 17.1 Å². The summed E-state index contributed by atoms with van der Waals surface area (Å²) in [4.78, 5) is 12.3. The molecule has 0 amide bonds. The van der Waals surface area contributed by atoms with Crippen LogP contribution in [0.3, 0.4) is 0 Å². The van der Waals surface area contributed by atoms with E-state index in [4.69, 9.17) is 0 Å². The molecule has 0 bridgehead atoms. The van der Waals surface area contributed by atoms with Crippen LogP contribution in [0, 0.1) is 11.8 Å². The number of carbonyl (C=O) groups is 1. The summed E-state index contributed by atoms with van der Waals surface area (Å²) in [5, 5.41) is 0. The fourth-order valence-corrected chi connectivity index (χ4v) is 3.53. The molecule has 0 spiro atoms. The Morgan fingerprint density at radius 1 is 1.16 bits per heavy atom. The number of carbonyl (C=O) groups excluding carboxylic acids is 1. The lowest BCUT2D eigenvalue weighted by Gasteiger charge is -2.34. The summed E-state index contributed by atoms with van der Waals surface area (Å²) in [6.45, 7) is 4.48. The lowest BCUT2D eigenvalue weighted by molar-refractivity contribution is -0.124. The zero-order valence-electron chi connectivity index (χ0n) is 12.6. The van der Waals surface area contributed by atoms with Crippen molar-refractivity contribution in [2.45, 2.75) is 71.6 Å². The van der Waals surface area contributed by atoms with E-state index >= 15 is 0 Å². The Labute approximate surface area is 118 Å². The summed E-state index contributed by atoms with van der Waals surface area (Å²) in [6.07, 6.45) is 15.2. The van der Waals surface area contributed by atoms with Crippen LogP contribution >= 0.6 is 0 Å². The van der Waals surface area contributed by atoms with Crippen molar-refractivity contribution in [3.63, 3.8) is 0 Å². The van der Waals surface area contributed by atoms with E-state index in [0.29, 0.717) is 11.7 Å². The van der Waals surface area contributed by atoms with Crippen LogP contribution in [0.5, 0.6) is 0 Å². The van der Waals surface area contributed by atoms with Gasteiger partial charge in [-0.25, -0.2) is 0 Å². The Kier molecular flexibility index (Phi) is 5.42. The molecule has 2 aliphatic rings. The first-order valence-electron chi connectivity index (χ1n) is 8.20. The summed E-state index contributed by atoms with van der Waals surface area (Å²) in [5.41, 5.74) is 2.95. The number of unbranched alkanes of at least 4 members (excludes halogenated alkanes) is 2. The maximum absolute atomic E-state index is 12.3. The number of rotatable bonds is 6. The molecule has 2 unspecified atom stereocenters. The third kappa shape index (κ3) is 3.58. The van der Waals surface area contributed by atoms with Gasteiger partial charge in [-0.15, -0.1) is 0 Å². The van der Waals surface area contributed by atoms with Crippen LogP contribution in [-0.4, -0.2) is 5.78 Å². The Morgan fingerprint density at radius 3 is 2.63 bits per heavy atom. The lowest BCUT2D eigenvalue weighted by Crippen LogP contribution is -2.31. The van der Waals surface area contributed by atoms with E-state index in [9.17, 15) is 4.79 Å². The van der Waals surface area contributed by atoms with E-state index in [0.717, 1.165) is 19.3 Å². The molecule has 1 saturated carbocycles. The second kappa shape index (κ2) is 7.07. The molecule has 0 radical (unpaired) electrons. The molecule has 0 aromatic carbocycles. The van der Waals surface area contributed by atoms with Crippen molar-refractivity contribution in [3.05, 3.63) is 23.3 Å². The zero-order chi connectivity index (χ0) is 13.7. The van der Waals surface area contributed by atoms with Gasteiger partial charge < -0.3 is 0 Å². The molecule has 0 aromatic heterocycles. The maximum Gasteiger partial charge on any atom is 0.140 e. The summed E-state index contributed by atoms with van der Waals surface area (Å²) < 4.78 is 0. The normalized spacial score (nSPS) is 26.7. The predicted octanol–water partition coefficient (Wildman–Crippen LogP) is 5.22. The van der Waals surface area contributed by atoms with E-state index in [1.807, 2.05) is 0 Å². The molecule has 19 heavy (non-hydrogen) atoms. The van der Waals surface area contributed by atoms with Crippen molar-refractivity contribution in [2.75, 3.05) is 0 Å². The van der Waals surface area contributed by atoms with Crippen LogP contribution in [0.1, 0.15) is 71.6 Å². The van der Waals surface area contributed by atoms with E-state index in [1.54, 1.807) is 0 Å². The van der Waals surface area contributed by atoms with E-state index in [1.165, 1.54) is 49.7 Å². The second-order valence-electron chi connectivity index (χ2n) is 6.17. The highest BCUT2D eigenvalue weighted by Gasteiger charge is 2.34. The third-order valence-corrected chi connectivity index (χ3v) is 4.57. The lowest BCUT2D eigenvalue weighted by atomic mass is 9.69. The number of hydrogen-bond acceptors (Lipinski definition) is 1.